The van der Waals surface area contributed by atoms with Crippen LogP contribution in [0, 0.1) is 5.82 Å². The largest absolute Gasteiger partial charge is 0.394 e. The average molecular weight is 272 g/mol. The topological polar surface area (TPSA) is 32.3 Å². The highest BCUT2D eigenvalue weighted by molar-refractivity contribution is 6.31. The number of halogens is 2. The SMILES string of the molecule is OCC1(NCc2c(F)cccc2Cl)CCCCC1. The van der Waals surface area contributed by atoms with E-state index >= 15 is 0 Å². The predicted molar refractivity (Wildman–Crippen MR) is 71.2 cm³/mol. The summed E-state index contributed by atoms with van der Waals surface area (Å²) in [6, 6.07) is 4.70. The lowest BCUT2D eigenvalue weighted by molar-refractivity contribution is 0.119. The van der Waals surface area contributed by atoms with Crippen LogP contribution in [0.1, 0.15) is 37.7 Å². The Balaban J connectivity index is 2.05. The first-order valence-corrected chi connectivity index (χ1v) is 6.83. The molecule has 0 heterocycles. The van der Waals surface area contributed by atoms with Gasteiger partial charge in [-0.3, -0.25) is 0 Å². The van der Waals surface area contributed by atoms with Crippen LogP contribution in [0.3, 0.4) is 0 Å². The van der Waals surface area contributed by atoms with Crippen LogP contribution in [0.5, 0.6) is 0 Å². The third-order valence-corrected chi connectivity index (χ3v) is 4.17. The third-order valence-electron chi connectivity index (χ3n) is 3.82. The normalized spacial score (nSPS) is 18.8. The summed E-state index contributed by atoms with van der Waals surface area (Å²) in [6.07, 6.45) is 5.31. The van der Waals surface area contributed by atoms with Crippen molar-refractivity contribution in [1.82, 2.24) is 5.32 Å². The third kappa shape index (κ3) is 3.02. The Labute approximate surface area is 112 Å². The van der Waals surface area contributed by atoms with Crippen LogP contribution in [0.4, 0.5) is 4.39 Å². The van der Waals surface area contributed by atoms with E-state index in [1.165, 1.54) is 12.5 Å². The summed E-state index contributed by atoms with van der Waals surface area (Å²) in [5.74, 6) is -0.293. The van der Waals surface area contributed by atoms with E-state index in [1.54, 1.807) is 12.1 Å². The van der Waals surface area contributed by atoms with Gasteiger partial charge in [0.05, 0.1) is 6.61 Å². The molecule has 2 rings (SSSR count). The molecular formula is C14H19ClFNO. The van der Waals surface area contributed by atoms with Gasteiger partial charge in [-0.2, -0.15) is 0 Å². The summed E-state index contributed by atoms with van der Waals surface area (Å²) in [7, 11) is 0. The van der Waals surface area contributed by atoms with Crippen LogP contribution in [-0.4, -0.2) is 17.3 Å². The standard InChI is InChI=1S/C14H19ClFNO/c15-12-5-4-6-13(16)11(12)9-17-14(10-18)7-2-1-3-8-14/h4-6,17-18H,1-3,7-10H2. The molecule has 1 aliphatic rings. The second-order valence-electron chi connectivity index (χ2n) is 5.05. The lowest BCUT2D eigenvalue weighted by atomic mass is 9.82. The van der Waals surface area contributed by atoms with E-state index in [0.29, 0.717) is 17.1 Å². The zero-order valence-electron chi connectivity index (χ0n) is 10.4. The quantitative estimate of drug-likeness (QED) is 0.881. The molecule has 0 amide bonds. The second kappa shape index (κ2) is 6.00. The molecule has 0 bridgehead atoms. The van der Waals surface area contributed by atoms with Crippen LogP contribution < -0.4 is 5.32 Å². The Morgan fingerprint density at radius 1 is 1.28 bits per heavy atom. The van der Waals surface area contributed by atoms with Gasteiger partial charge in [-0.05, 0) is 25.0 Å². The first-order chi connectivity index (χ1) is 8.67. The maximum Gasteiger partial charge on any atom is 0.129 e. The molecule has 4 heteroatoms. The molecule has 1 aromatic rings. The lowest BCUT2D eigenvalue weighted by Gasteiger charge is -2.36. The maximum absolute atomic E-state index is 13.6. The second-order valence-corrected chi connectivity index (χ2v) is 5.46. The van der Waals surface area contributed by atoms with Gasteiger partial charge in [0.2, 0.25) is 0 Å². The average Bonchev–Trinajstić information content (AvgIpc) is 2.39. The number of aliphatic hydroxyl groups is 1. The highest BCUT2D eigenvalue weighted by Gasteiger charge is 2.30. The summed E-state index contributed by atoms with van der Waals surface area (Å²) in [5, 5.41) is 13.3. The lowest BCUT2D eigenvalue weighted by Crippen LogP contribution is -2.49. The van der Waals surface area contributed by atoms with E-state index in [2.05, 4.69) is 5.32 Å². The molecule has 18 heavy (non-hydrogen) atoms. The molecule has 100 valence electrons. The summed E-state index contributed by atoms with van der Waals surface area (Å²) in [4.78, 5) is 0. The van der Waals surface area contributed by atoms with Crippen LogP contribution in [-0.2, 0) is 6.54 Å². The minimum atomic E-state index is -0.293. The first kappa shape index (κ1) is 13.8. The van der Waals surface area contributed by atoms with Crippen LogP contribution >= 0.6 is 11.6 Å². The minimum absolute atomic E-state index is 0.0963. The van der Waals surface area contributed by atoms with Crippen LogP contribution in [0.2, 0.25) is 5.02 Å². The van der Waals surface area contributed by atoms with Gasteiger partial charge in [0, 0.05) is 22.7 Å². The van der Waals surface area contributed by atoms with Crippen molar-refractivity contribution in [1.29, 1.82) is 0 Å². The molecule has 0 atom stereocenters. The van der Waals surface area contributed by atoms with E-state index in [9.17, 15) is 9.50 Å². The fourth-order valence-electron chi connectivity index (χ4n) is 2.60. The highest BCUT2D eigenvalue weighted by Crippen LogP contribution is 2.29. The minimum Gasteiger partial charge on any atom is -0.394 e. The van der Waals surface area contributed by atoms with Crippen molar-refractivity contribution in [2.24, 2.45) is 0 Å². The van der Waals surface area contributed by atoms with Crippen molar-refractivity contribution in [2.75, 3.05) is 6.61 Å². The van der Waals surface area contributed by atoms with Crippen molar-refractivity contribution >= 4 is 11.6 Å². The fourth-order valence-corrected chi connectivity index (χ4v) is 2.83. The number of rotatable bonds is 4. The van der Waals surface area contributed by atoms with Gasteiger partial charge in [0.25, 0.3) is 0 Å². The molecule has 0 saturated heterocycles. The maximum atomic E-state index is 13.6. The van der Waals surface area contributed by atoms with E-state index in [4.69, 9.17) is 11.6 Å². The van der Waals surface area contributed by atoms with E-state index in [-0.39, 0.29) is 18.0 Å². The van der Waals surface area contributed by atoms with Crippen molar-refractivity contribution in [2.45, 2.75) is 44.2 Å². The zero-order chi connectivity index (χ0) is 13.0. The molecule has 1 aromatic carbocycles. The molecule has 1 fully saturated rings. The van der Waals surface area contributed by atoms with Crippen molar-refractivity contribution in [3.8, 4) is 0 Å². The van der Waals surface area contributed by atoms with E-state index < -0.39 is 0 Å². The molecular weight excluding hydrogens is 253 g/mol. The zero-order valence-corrected chi connectivity index (χ0v) is 11.1. The summed E-state index contributed by atoms with van der Waals surface area (Å²) in [6.45, 7) is 0.463. The molecule has 0 aromatic heterocycles. The molecule has 0 aliphatic heterocycles. The molecule has 0 unspecified atom stereocenters. The Bertz CT molecular complexity index is 385. The molecule has 1 aliphatic carbocycles. The van der Waals surface area contributed by atoms with Crippen LogP contribution in [0.15, 0.2) is 18.2 Å². The summed E-state index contributed by atoms with van der Waals surface area (Å²) in [5.41, 5.74) is 0.224. The smallest absolute Gasteiger partial charge is 0.129 e. The van der Waals surface area contributed by atoms with Crippen molar-refractivity contribution in [3.05, 3.63) is 34.6 Å². The highest BCUT2D eigenvalue weighted by atomic mass is 35.5. The Morgan fingerprint density at radius 2 is 2.00 bits per heavy atom. The Kier molecular flexibility index (Phi) is 4.60. The number of nitrogens with one attached hydrogen (secondary N) is 1. The fraction of sp³-hybridized carbons (Fsp3) is 0.571. The van der Waals surface area contributed by atoms with Crippen LogP contribution in [0.25, 0.3) is 0 Å². The van der Waals surface area contributed by atoms with Crippen molar-refractivity contribution in [3.63, 3.8) is 0 Å². The number of benzene rings is 1. The summed E-state index contributed by atoms with van der Waals surface area (Å²) >= 11 is 5.99. The van der Waals surface area contributed by atoms with Gasteiger partial charge in [-0.15, -0.1) is 0 Å². The van der Waals surface area contributed by atoms with Crippen molar-refractivity contribution < 1.29 is 9.50 Å². The van der Waals surface area contributed by atoms with E-state index in [1.807, 2.05) is 0 Å². The molecule has 0 spiro atoms. The Hall–Kier alpha value is -0.640. The van der Waals surface area contributed by atoms with E-state index in [0.717, 1.165) is 25.7 Å². The number of aliphatic hydroxyl groups excluding tert-OH is 1. The van der Waals surface area contributed by atoms with Gasteiger partial charge < -0.3 is 10.4 Å². The Morgan fingerprint density at radius 3 is 2.61 bits per heavy atom. The van der Waals surface area contributed by atoms with Gasteiger partial charge >= 0.3 is 0 Å². The first-order valence-electron chi connectivity index (χ1n) is 6.46. The number of hydrogen-bond donors (Lipinski definition) is 2. The molecule has 2 N–H and O–H groups in total. The van der Waals surface area contributed by atoms with Gasteiger partial charge in [0.1, 0.15) is 5.82 Å². The van der Waals surface area contributed by atoms with Gasteiger partial charge in [-0.1, -0.05) is 36.9 Å². The molecule has 1 saturated carbocycles. The summed E-state index contributed by atoms with van der Waals surface area (Å²) < 4.78 is 13.6. The monoisotopic (exact) mass is 271 g/mol. The van der Waals surface area contributed by atoms with Gasteiger partial charge in [-0.25, -0.2) is 4.39 Å². The molecule has 0 radical (unpaired) electrons. The predicted octanol–water partition coefficient (Wildman–Crippen LogP) is 3.26. The molecule has 2 nitrogen and oxygen atoms in total. The van der Waals surface area contributed by atoms with Gasteiger partial charge in [0.15, 0.2) is 0 Å². The number of hydrogen-bond acceptors (Lipinski definition) is 2.